The second-order valence-electron chi connectivity index (χ2n) is 4.63. The van der Waals surface area contributed by atoms with Crippen LogP contribution in [0.1, 0.15) is 27.0 Å². The fourth-order valence-corrected chi connectivity index (χ4v) is 2.67. The van der Waals surface area contributed by atoms with Gasteiger partial charge in [0.2, 0.25) is 5.30 Å². The second kappa shape index (κ2) is 6.08. The average molecular weight is 287 g/mol. The molecule has 0 aromatic heterocycles. The van der Waals surface area contributed by atoms with Crippen molar-refractivity contribution in [2.24, 2.45) is 0 Å². The summed E-state index contributed by atoms with van der Waals surface area (Å²) in [4.78, 5) is 12.4. The Kier molecular flexibility index (Phi) is 4.43. The van der Waals surface area contributed by atoms with Crippen molar-refractivity contribution in [3.8, 4) is 0 Å². The van der Waals surface area contributed by atoms with E-state index in [4.69, 9.17) is 4.52 Å². The zero-order valence-electron chi connectivity index (χ0n) is 11.7. The number of carbonyl (C=O) groups excluding carboxylic acids is 1. The summed E-state index contributed by atoms with van der Waals surface area (Å²) in [6.07, 6.45) is 0. The van der Waals surface area contributed by atoms with Crippen molar-refractivity contribution in [1.82, 2.24) is 0 Å². The van der Waals surface area contributed by atoms with Gasteiger partial charge in [0.1, 0.15) is 0 Å². The van der Waals surface area contributed by atoms with Crippen LogP contribution in [0.2, 0.25) is 0 Å². The lowest BCUT2D eigenvalue weighted by Crippen LogP contribution is -2.06. The molecule has 0 heterocycles. The van der Waals surface area contributed by atoms with Crippen molar-refractivity contribution in [2.75, 3.05) is 7.11 Å². The molecule has 0 radical (unpaired) electrons. The molecule has 0 amide bonds. The minimum Gasteiger partial charge on any atom is -0.289 e. The molecule has 102 valence electrons. The normalized spacial score (nSPS) is 11.2. The first-order valence-corrected chi connectivity index (χ1v) is 7.44. The van der Waals surface area contributed by atoms with Crippen LogP contribution in [0.5, 0.6) is 0 Å². The van der Waals surface area contributed by atoms with Crippen molar-refractivity contribution in [2.45, 2.75) is 13.8 Å². The van der Waals surface area contributed by atoms with E-state index in [-0.39, 0.29) is 5.78 Å². The highest BCUT2D eigenvalue weighted by molar-refractivity contribution is 7.48. The highest BCUT2D eigenvalue weighted by Gasteiger charge is 2.20. The fourth-order valence-electron chi connectivity index (χ4n) is 2.06. The Balaban J connectivity index is 2.31. The number of carbonyl (C=O) groups is 1. The summed E-state index contributed by atoms with van der Waals surface area (Å²) in [6, 6.07) is 12.5. The summed E-state index contributed by atoms with van der Waals surface area (Å²) in [5, 5.41) is 0.583. The molecule has 1 atom stereocenters. The van der Waals surface area contributed by atoms with E-state index in [1.165, 1.54) is 7.11 Å². The van der Waals surface area contributed by atoms with Gasteiger partial charge in [0.05, 0.1) is 7.11 Å². The van der Waals surface area contributed by atoms with Crippen molar-refractivity contribution in [3.05, 3.63) is 64.7 Å². The Morgan fingerprint density at radius 3 is 2.25 bits per heavy atom. The van der Waals surface area contributed by atoms with Crippen LogP contribution in [0.15, 0.2) is 42.5 Å². The molecular formula is C16H16O3P+. The number of ketones is 1. The molecule has 0 bridgehead atoms. The van der Waals surface area contributed by atoms with Crippen LogP contribution in [0.25, 0.3) is 0 Å². The van der Waals surface area contributed by atoms with Gasteiger partial charge in [-0.15, -0.1) is 4.52 Å². The molecule has 0 aliphatic carbocycles. The molecule has 0 aliphatic heterocycles. The lowest BCUT2D eigenvalue weighted by molar-refractivity contribution is 0.103. The Hall–Kier alpha value is -1.83. The predicted octanol–water partition coefficient (Wildman–Crippen LogP) is 3.55. The van der Waals surface area contributed by atoms with Gasteiger partial charge in [-0.25, -0.2) is 0 Å². The van der Waals surface area contributed by atoms with Crippen LogP contribution < -0.4 is 5.30 Å². The first kappa shape index (κ1) is 14.6. The average Bonchev–Trinajstić information content (AvgIpc) is 2.46. The molecule has 3 nitrogen and oxygen atoms in total. The Labute approximate surface area is 119 Å². The molecule has 0 spiro atoms. The van der Waals surface area contributed by atoms with Crippen LogP contribution in [-0.2, 0) is 9.09 Å². The number of rotatable bonds is 4. The molecule has 4 heteroatoms. The van der Waals surface area contributed by atoms with E-state index in [0.717, 1.165) is 11.1 Å². The van der Waals surface area contributed by atoms with Gasteiger partial charge in [0, 0.05) is 11.1 Å². The third-order valence-corrected chi connectivity index (χ3v) is 4.18. The van der Waals surface area contributed by atoms with Crippen molar-refractivity contribution in [3.63, 3.8) is 0 Å². The van der Waals surface area contributed by atoms with Gasteiger partial charge in [-0.1, -0.05) is 23.8 Å². The number of hydrogen-bond donors (Lipinski definition) is 0. The molecule has 1 unspecified atom stereocenters. The molecule has 20 heavy (non-hydrogen) atoms. The highest BCUT2D eigenvalue weighted by atomic mass is 31.1. The molecule has 2 aromatic carbocycles. The summed E-state index contributed by atoms with van der Waals surface area (Å²) in [6.45, 7) is 3.92. The van der Waals surface area contributed by atoms with E-state index in [2.05, 4.69) is 0 Å². The summed E-state index contributed by atoms with van der Waals surface area (Å²) < 4.78 is 16.3. The first-order valence-electron chi connectivity index (χ1n) is 6.26. The quantitative estimate of drug-likeness (QED) is 0.638. The number of benzene rings is 2. The third-order valence-electron chi connectivity index (χ3n) is 3.13. The lowest BCUT2D eigenvalue weighted by Gasteiger charge is -2.05. The monoisotopic (exact) mass is 287 g/mol. The SMILES string of the molecule is CO[P+](=O)c1ccc(C(=O)c2ccc(C)cc2C)cc1. The van der Waals surface area contributed by atoms with Crippen LogP contribution in [0, 0.1) is 13.8 Å². The smallest absolute Gasteiger partial charge is 0.289 e. The van der Waals surface area contributed by atoms with Gasteiger partial charge in [-0.05, 0) is 48.2 Å². The van der Waals surface area contributed by atoms with Crippen molar-refractivity contribution < 1.29 is 13.9 Å². The van der Waals surface area contributed by atoms with E-state index < -0.39 is 8.03 Å². The zero-order chi connectivity index (χ0) is 14.7. The van der Waals surface area contributed by atoms with Crippen molar-refractivity contribution in [1.29, 1.82) is 0 Å². The third kappa shape index (κ3) is 3.01. The molecule has 0 fully saturated rings. The fraction of sp³-hybridized carbons (Fsp3) is 0.188. The largest absolute Gasteiger partial charge is 0.548 e. The maximum Gasteiger partial charge on any atom is 0.548 e. The molecule has 0 N–H and O–H groups in total. The Morgan fingerprint density at radius 1 is 1.05 bits per heavy atom. The first-order chi connectivity index (χ1) is 9.52. The van der Waals surface area contributed by atoms with E-state index in [9.17, 15) is 9.36 Å². The summed E-state index contributed by atoms with van der Waals surface area (Å²) in [7, 11) is -0.435. The van der Waals surface area contributed by atoms with Crippen LogP contribution in [-0.4, -0.2) is 12.9 Å². The topological polar surface area (TPSA) is 43.4 Å². The zero-order valence-corrected chi connectivity index (χ0v) is 12.6. The van der Waals surface area contributed by atoms with E-state index in [0.29, 0.717) is 16.4 Å². The molecule has 0 saturated heterocycles. The van der Waals surface area contributed by atoms with Gasteiger partial charge >= 0.3 is 8.03 Å². The maximum absolute atomic E-state index is 12.4. The van der Waals surface area contributed by atoms with Crippen LogP contribution in [0.3, 0.4) is 0 Å². The Morgan fingerprint density at radius 2 is 1.70 bits per heavy atom. The Bertz CT molecular complexity index is 660. The van der Waals surface area contributed by atoms with Gasteiger partial charge < -0.3 is 0 Å². The summed E-state index contributed by atoms with van der Waals surface area (Å²) >= 11 is 0. The standard InChI is InChI=1S/C16H16O3P/c1-11-4-9-15(12(2)10-11)16(17)13-5-7-14(8-6-13)20(18)19-3/h4-10H,1-3H3/q+1. The molecule has 0 aliphatic rings. The van der Waals surface area contributed by atoms with Gasteiger partial charge in [0.25, 0.3) is 0 Å². The minimum atomic E-state index is -1.83. The van der Waals surface area contributed by atoms with Gasteiger partial charge in [-0.3, -0.25) is 4.79 Å². The molecule has 0 saturated carbocycles. The molecule has 2 aromatic rings. The highest BCUT2D eigenvalue weighted by Crippen LogP contribution is 2.21. The maximum atomic E-state index is 12.4. The van der Waals surface area contributed by atoms with Crippen LogP contribution >= 0.6 is 8.03 Å². The number of hydrogen-bond acceptors (Lipinski definition) is 3. The summed E-state index contributed by atoms with van der Waals surface area (Å²) in [5.74, 6) is -0.0262. The number of aryl methyl sites for hydroxylation is 2. The van der Waals surface area contributed by atoms with Gasteiger partial charge in [0.15, 0.2) is 5.78 Å². The minimum absolute atomic E-state index is 0.0262. The van der Waals surface area contributed by atoms with Gasteiger partial charge in [-0.2, -0.15) is 0 Å². The van der Waals surface area contributed by atoms with E-state index in [1.807, 2.05) is 32.0 Å². The van der Waals surface area contributed by atoms with Crippen LogP contribution in [0.4, 0.5) is 0 Å². The molecule has 2 rings (SSSR count). The predicted molar refractivity (Wildman–Crippen MR) is 80.0 cm³/mol. The lowest BCUT2D eigenvalue weighted by atomic mass is 9.98. The summed E-state index contributed by atoms with van der Waals surface area (Å²) in [5.41, 5.74) is 3.37. The van der Waals surface area contributed by atoms with E-state index in [1.54, 1.807) is 24.3 Å². The molecular weight excluding hydrogens is 271 g/mol. The second-order valence-corrected chi connectivity index (χ2v) is 6.03. The van der Waals surface area contributed by atoms with E-state index >= 15 is 0 Å². The van der Waals surface area contributed by atoms with Crippen molar-refractivity contribution >= 4 is 19.1 Å².